The first-order chi connectivity index (χ1) is 15.9. The molecule has 1 amide bonds. The Kier molecular flexibility index (Phi) is 9.52. The molecule has 0 aliphatic carbocycles. The van der Waals surface area contributed by atoms with E-state index in [1.54, 1.807) is 12.1 Å². The number of sulfonamides is 1. The quantitative estimate of drug-likeness (QED) is 0.381. The van der Waals surface area contributed by atoms with Crippen LogP contribution in [-0.4, -0.2) is 77.1 Å². The van der Waals surface area contributed by atoms with E-state index in [9.17, 15) is 18.0 Å². The third-order valence-corrected chi connectivity index (χ3v) is 7.81. The molecular weight excluding hydrogens is 446 g/mol. The van der Waals surface area contributed by atoms with Gasteiger partial charge in [-0.15, -0.1) is 0 Å². The number of esters is 1. The highest BCUT2D eigenvalue weighted by Crippen LogP contribution is 2.30. The monoisotopic (exact) mass is 481 g/mol. The van der Waals surface area contributed by atoms with Gasteiger partial charge in [0.1, 0.15) is 0 Å². The van der Waals surface area contributed by atoms with E-state index < -0.39 is 28.5 Å². The number of hydrogen-bond acceptors (Lipinski definition) is 7. The molecule has 2 fully saturated rings. The van der Waals surface area contributed by atoms with Gasteiger partial charge in [0.2, 0.25) is 10.0 Å². The molecule has 0 saturated carbocycles. The summed E-state index contributed by atoms with van der Waals surface area (Å²) in [5.41, 5.74) is 0.825. The molecule has 9 nitrogen and oxygen atoms in total. The number of carbonyl (C=O) groups excluding carboxylic acids is 2. The minimum Gasteiger partial charge on any atom is -0.452 e. The van der Waals surface area contributed by atoms with Gasteiger partial charge >= 0.3 is 5.97 Å². The highest BCUT2D eigenvalue weighted by molar-refractivity contribution is 7.89. The van der Waals surface area contributed by atoms with Crippen LogP contribution in [0.4, 0.5) is 5.69 Å². The number of benzene rings is 1. The number of nitrogens with zero attached hydrogens (tertiary/aromatic N) is 2. The molecule has 0 atom stereocenters. The van der Waals surface area contributed by atoms with Gasteiger partial charge in [0.05, 0.1) is 16.1 Å². The number of nitrogens with one attached hydrogen (secondary N) is 1. The third-order valence-electron chi connectivity index (χ3n) is 5.91. The first-order valence-corrected chi connectivity index (χ1v) is 13.3. The number of rotatable bonds is 11. The normalized spacial score (nSPS) is 17.2. The fourth-order valence-electron chi connectivity index (χ4n) is 4.13. The predicted octanol–water partition coefficient (Wildman–Crippen LogP) is 2.16. The molecular formula is C23H35N3O6S. The van der Waals surface area contributed by atoms with Gasteiger partial charge in [0.15, 0.2) is 6.61 Å². The summed E-state index contributed by atoms with van der Waals surface area (Å²) in [6.45, 7) is 5.64. The molecule has 0 bridgehead atoms. The lowest BCUT2D eigenvalue weighted by Crippen LogP contribution is -2.35. The van der Waals surface area contributed by atoms with Crippen molar-refractivity contribution in [3.8, 4) is 0 Å². The number of carbonyl (C=O) groups is 2. The Labute approximate surface area is 196 Å². The van der Waals surface area contributed by atoms with E-state index in [0.717, 1.165) is 45.2 Å². The zero-order chi connectivity index (χ0) is 23.7. The minimum absolute atomic E-state index is 0.0830. The minimum atomic E-state index is -3.69. The van der Waals surface area contributed by atoms with Crippen LogP contribution in [0.2, 0.25) is 0 Å². The lowest BCUT2D eigenvalue weighted by Gasteiger charge is -2.27. The number of anilines is 1. The Balaban J connectivity index is 1.71. The highest BCUT2D eigenvalue weighted by Gasteiger charge is 2.29. The molecule has 0 aromatic heterocycles. The van der Waals surface area contributed by atoms with Crippen molar-refractivity contribution in [2.45, 2.75) is 50.3 Å². The molecule has 2 aliphatic heterocycles. The van der Waals surface area contributed by atoms with Crippen LogP contribution < -0.4 is 10.2 Å². The van der Waals surface area contributed by atoms with Crippen LogP contribution in [0.25, 0.3) is 0 Å². The molecule has 1 aromatic carbocycles. The molecule has 1 N–H and O–H groups in total. The van der Waals surface area contributed by atoms with Gasteiger partial charge in [0.25, 0.3) is 5.91 Å². The summed E-state index contributed by atoms with van der Waals surface area (Å²) in [6, 6.07) is 4.66. The summed E-state index contributed by atoms with van der Waals surface area (Å²) in [5, 5.41) is 2.69. The molecule has 2 saturated heterocycles. The Morgan fingerprint density at radius 1 is 1.03 bits per heavy atom. The van der Waals surface area contributed by atoms with Crippen LogP contribution in [-0.2, 0) is 24.3 Å². The van der Waals surface area contributed by atoms with E-state index in [1.165, 1.54) is 10.4 Å². The largest absolute Gasteiger partial charge is 0.452 e. The van der Waals surface area contributed by atoms with Crippen LogP contribution in [0, 0.1) is 0 Å². The fraction of sp³-hybridized carbons (Fsp3) is 0.652. The molecule has 184 valence electrons. The average Bonchev–Trinajstić information content (AvgIpc) is 3.37. The van der Waals surface area contributed by atoms with Crippen molar-refractivity contribution in [2.24, 2.45) is 0 Å². The lowest BCUT2D eigenvalue weighted by molar-refractivity contribution is -0.124. The molecule has 2 heterocycles. The Morgan fingerprint density at radius 3 is 2.42 bits per heavy atom. The number of amides is 1. The summed E-state index contributed by atoms with van der Waals surface area (Å²) in [6.07, 6.45) is 5.37. The zero-order valence-electron chi connectivity index (χ0n) is 19.4. The second-order valence-electron chi connectivity index (χ2n) is 8.31. The van der Waals surface area contributed by atoms with Gasteiger partial charge in [-0.3, -0.25) is 4.79 Å². The highest BCUT2D eigenvalue weighted by atomic mass is 32.2. The van der Waals surface area contributed by atoms with E-state index in [2.05, 4.69) is 10.2 Å². The van der Waals surface area contributed by atoms with Crippen LogP contribution >= 0.6 is 0 Å². The number of ether oxygens (including phenoxy) is 2. The van der Waals surface area contributed by atoms with E-state index in [1.807, 2.05) is 6.92 Å². The molecule has 33 heavy (non-hydrogen) atoms. The summed E-state index contributed by atoms with van der Waals surface area (Å²) >= 11 is 0. The first kappa shape index (κ1) is 25.5. The third kappa shape index (κ3) is 6.91. The summed E-state index contributed by atoms with van der Waals surface area (Å²) in [5.74, 6) is -1.10. The van der Waals surface area contributed by atoms with Crippen LogP contribution in [0.1, 0.15) is 55.8 Å². The molecule has 1 aromatic rings. The topological polar surface area (TPSA) is 105 Å². The van der Waals surface area contributed by atoms with Gasteiger partial charge in [-0.25, -0.2) is 13.2 Å². The van der Waals surface area contributed by atoms with Crippen molar-refractivity contribution in [3.63, 3.8) is 0 Å². The molecule has 10 heteroatoms. The molecule has 3 rings (SSSR count). The van der Waals surface area contributed by atoms with E-state index in [0.29, 0.717) is 45.0 Å². The smallest absolute Gasteiger partial charge is 0.340 e. The first-order valence-electron chi connectivity index (χ1n) is 11.8. The van der Waals surface area contributed by atoms with E-state index in [4.69, 9.17) is 9.47 Å². The van der Waals surface area contributed by atoms with Crippen LogP contribution in [0.3, 0.4) is 0 Å². The lowest BCUT2D eigenvalue weighted by atomic mass is 10.1. The van der Waals surface area contributed by atoms with Gasteiger partial charge < -0.3 is 19.7 Å². The summed E-state index contributed by atoms with van der Waals surface area (Å²) < 4.78 is 38.2. The fourth-order valence-corrected chi connectivity index (χ4v) is 5.68. The number of hydrogen-bond donors (Lipinski definition) is 1. The molecule has 2 aliphatic rings. The van der Waals surface area contributed by atoms with E-state index in [-0.39, 0.29) is 10.5 Å². The predicted molar refractivity (Wildman–Crippen MR) is 125 cm³/mol. The van der Waals surface area contributed by atoms with Crippen molar-refractivity contribution in [1.82, 2.24) is 9.62 Å². The molecule has 0 spiro atoms. The molecule has 0 unspecified atom stereocenters. The van der Waals surface area contributed by atoms with Crippen molar-refractivity contribution < 1.29 is 27.5 Å². The van der Waals surface area contributed by atoms with Crippen molar-refractivity contribution in [1.29, 1.82) is 0 Å². The summed E-state index contributed by atoms with van der Waals surface area (Å²) in [4.78, 5) is 27.1. The maximum atomic E-state index is 13.1. The van der Waals surface area contributed by atoms with E-state index >= 15 is 0 Å². The standard InChI is InChI=1S/C23H35N3O6S/c1-2-31-16-8-11-24-22(27)18-32-23(28)20-17-19(9-10-21(20)25-12-6-7-13-25)33(29,30)26-14-4-3-5-15-26/h9-10,17H,2-8,11-16,18H2,1H3,(H,24,27). The Hall–Kier alpha value is -2.17. The van der Waals surface area contributed by atoms with Crippen molar-refractivity contribution in [2.75, 3.05) is 57.4 Å². The number of piperidine rings is 1. The Bertz CT molecular complexity index is 909. The van der Waals surface area contributed by atoms with Crippen LogP contribution in [0.5, 0.6) is 0 Å². The zero-order valence-corrected chi connectivity index (χ0v) is 20.2. The maximum Gasteiger partial charge on any atom is 0.340 e. The van der Waals surface area contributed by atoms with Gasteiger partial charge in [0, 0.05) is 45.9 Å². The molecule has 0 radical (unpaired) electrons. The maximum absolute atomic E-state index is 13.1. The van der Waals surface area contributed by atoms with Crippen LogP contribution in [0.15, 0.2) is 23.1 Å². The SMILES string of the molecule is CCOCCCNC(=O)COC(=O)c1cc(S(=O)(=O)N2CCCCC2)ccc1N1CCCC1. The van der Waals surface area contributed by atoms with Crippen molar-refractivity contribution in [3.05, 3.63) is 23.8 Å². The Morgan fingerprint density at radius 2 is 1.73 bits per heavy atom. The van der Waals surface area contributed by atoms with Gasteiger partial charge in [-0.05, 0) is 57.2 Å². The summed E-state index contributed by atoms with van der Waals surface area (Å²) in [7, 11) is -3.69. The second kappa shape index (κ2) is 12.3. The van der Waals surface area contributed by atoms with Gasteiger partial charge in [-0.1, -0.05) is 6.42 Å². The second-order valence-corrected chi connectivity index (χ2v) is 10.3. The van der Waals surface area contributed by atoms with Gasteiger partial charge in [-0.2, -0.15) is 4.31 Å². The average molecular weight is 482 g/mol. The van der Waals surface area contributed by atoms with Crippen molar-refractivity contribution >= 4 is 27.6 Å².